The Bertz CT molecular complexity index is 165. The van der Waals surface area contributed by atoms with E-state index in [1.165, 1.54) is 0 Å². The maximum absolute atomic E-state index is 9.78. The maximum atomic E-state index is 9.78. The highest BCUT2D eigenvalue weighted by molar-refractivity contribution is 4.99. The molecule has 0 saturated carbocycles. The first kappa shape index (κ1) is 12.5. The van der Waals surface area contributed by atoms with Crippen molar-refractivity contribution < 1.29 is 9.84 Å². The van der Waals surface area contributed by atoms with Gasteiger partial charge in [0.2, 0.25) is 0 Å². The van der Waals surface area contributed by atoms with Gasteiger partial charge in [-0.25, -0.2) is 0 Å². The van der Waals surface area contributed by atoms with Crippen molar-refractivity contribution in [3.63, 3.8) is 0 Å². The van der Waals surface area contributed by atoms with E-state index in [4.69, 9.17) is 4.74 Å². The van der Waals surface area contributed by atoms with Gasteiger partial charge in [-0.05, 0) is 31.8 Å². The van der Waals surface area contributed by atoms with Crippen LogP contribution in [0.4, 0.5) is 0 Å². The van der Waals surface area contributed by atoms with Crippen molar-refractivity contribution in [2.45, 2.75) is 47.1 Å². The number of ether oxygens (including phenoxy) is 1. The molecule has 0 radical (unpaired) electrons. The molecule has 2 heteroatoms. The van der Waals surface area contributed by atoms with Crippen LogP contribution >= 0.6 is 0 Å². The van der Waals surface area contributed by atoms with Gasteiger partial charge in [0.1, 0.15) is 11.9 Å². The van der Waals surface area contributed by atoms with Crippen LogP contribution in [0.5, 0.6) is 0 Å². The van der Waals surface area contributed by atoms with Crippen molar-refractivity contribution in [2.24, 2.45) is 5.41 Å². The van der Waals surface area contributed by atoms with Crippen molar-refractivity contribution in [2.75, 3.05) is 6.61 Å². The minimum atomic E-state index is -0.468. The summed E-state index contributed by atoms with van der Waals surface area (Å²) in [5.74, 6) is 0.692. The van der Waals surface area contributed by atoms with Gasteiger partial charge in [0.05, 0.1) is 6.61 Å². The normalized spacial score (nSPS) is 15.7. The van der Waals surface area contributed by atoms with E-state index < -0.39 is 6.10 Å². The van der Waals surface area contributed by atoms with Crippen LogP contribution in [0.3, 0.4) is 0 Å². The van der Waals surface area contributed by atoms with Crippen LogP contribution in [-0.2, 0) is 4.74 Å². The second kappa shape index (κ2) is 5.28. The summed E-state index contributed by atoms with van der Waals surface area (Å²) in [5.41, 5.74) is 0.130. The molecule has 0 spiro atoms. The largest absolute Gasteiger partial charge is 0.496 e. The van der Waals surface area contributed by atoms with Crippen LogP contribution in [0.15, 0.2) is 11.8 Å². The Morgan fingerprint density at radius 2 is 2.00 bits per heavy atom. The first-order valence-electron chi connectivity index (χ1n) is 4.87. The SMILES string of the molecule is C/C=C(\OCC)C(O)CC(C)(C)C. The minimum absolute atomic E-state index is 0.130. The molecule has 1 unspecified atom stereocenters. The zero-order valence-corrected chi connectivity index (χ0v) is 9.42. The molecule has 0 aliphatic carbocycles. The first-order chi connectivity index (χ1) is 5.90. The standard InChI is InChI=1S/C11H22O2/c1-6-10(13-7-2)9(12)8-11(3,4)5/h6,9,12H,7-8H2,1-5H3/b10-6-. The van der Waals surface area contributed by atoms with E-state index in [1.54, 1.807) is 0 Å². The summed E-state index contributed by atoms with van der Waals surface area (Å²) in [4.78, 5) is 0. The van der Waals surface area contributed by atoms with E-state index in [9.17, 15) is 5.11 Å². The summed E-state index contributed by atoms with van der Waals surface area (Å²) in [6.07, 6.45) is 2.09. The number of aliphatic hydroxyl groups excluding tert-OH is 1. The molecule has 0 saturated heterocycles. The fourth-order valence-electron chi connectivity index (χ4n) is 1.22. The van der Waals surface area contributed by atoms with Gasteiger partial charge in [0.25, 0.3) is 0 Å². The average molecular weight is 186 g/mol. The fraction of sp³-hybridized carbons (Fsp3) is 0.818. The smallest absolute Gasteiger partial charge is 0.120 e. The Hall–Kier alpha value is -0.500. The molecule has 0 rings (SSSR count). The summed E-state index contributed by atoms with van der Waals surface area (Å²) < 4.78 is 5.31. The molecular formula is C11H22O2. The zero-order valence-electron chi connectivity index (χ0n) is 9.42. The predicted octanol–water partition coefficient (Wildman–Crippen LogP) is 2.72. The van der Waals surface area contributed by atoms with Crippen LogP contribution in [0.2, 0.25) is 0 Å². The molecule has 2 nitrogen and oxygen atoms in total. The van der Waals surface area contributed by atoms with Gasteiger partial charge in [-0.3, -0.25) is 0 Å². The number of rotatable bonds is 4. The van der Waals surface area contributed by atoms with Crippen LogP contribution in [0.1, 0.15) is 41.0 Å². The van der Waals surface area contributed by atoms with Crippen LogP contribution < -0.4 is 0 Å². The highest BCUT2D eigenvalue weighted by atomic mass is 16.5. The number of aliphatic hydroxyl groups is 1. The molecule has 0 bridgehead atoms. The Morgan fingerprint density at radius 1 is 1.46 bits per heavy atom. The highest BCUT2D eigenvalue weighted by Gasteiger charge is 2.20. The van der Waals surface area contributed by atoms with Crippen LogP contribution in [0.25, 0.3) is 0 Å². The lowest BCUT2D eigenvalue weighted by Gasteiger charge is -2.23. The van der Waals surface area contributed by atoms with Gasteiger partial charge in [0.15, 0.2) is 0 Å². The second-order valence-electron chi connectivity index (χ2n) is 4.40. The summed E-state index contributed by atoms with van der Waals surface area (Å²) in [5, 5.41) is 9.78. The molecular weight excluding hydrogens is 164 g/mol. The summed E-state index contributed by atoms with van der Waals surface area (Å²) >= 11 is 0. The molecule has 13 heavy (non-hydrogen) atoms. The van der Waals surface area contributed by atoms with Crippen molar-refractivity contribution >= 4 is 0 Å². The first-order valence-corrected chi connectivity index (χ1v) is 4.87. The molecule has 0 aliphatic rings. The maximum Gasteiger partial charge on any atom is 0.120 e. The van der Waals surface area contributed by atoms with Gasteiger partial charge in [-0.2, -0.15) is 0 Å². The molecule has 0 fully saturated rings. The summed E-state index contributed by atoms with van der Waals surface area (Å²) in [7, 11) is 0. The van der Waals surface area contributed by atoms with E-state index in [-0.39, 0.29) is 5.41 Å². The van der Waals surface area contributed by atoms with Gasteiger partial charge >= 0.3 is 0 Å². The summed E-state index contributed by atoms with van der Waals surface area (Å²) in [6.45, 7) is 10.7. The zero-order chi connectivity index (χ0) is 10.5. The molecule has 1 N–H and O–H groups in total. The number of hydrogen-bond donors (Lipinski definition) is 1. The van der Waals surface area contributed by atoms with E-state index in [0.29, 0.717) is 12.4 Å². The number of allylic oxidation sites excluding steroid dienone is 1. The van der Waals surface area contributed by atoms with Gasteiger partial charge in [0, 0.05) is 0 Å². The van der Waals surface area contributed by atoms with E-state index in [2.05, 4.69) is 20.8 Å². The minimum Gasteiger partial charge on any atom is -0.496 e. The van der Waals surface area contributed by atoms with Gasteiger partial charge in [-0.15, -0.1) is 0 Å². The molecule has 0 aromatic carbocycles. The Kier molecular flexibility index (Phi) is 5.07. The Labute approximate surface area is 81.6 Å². The van der Waals surface area contributed by atoms with Crippen molar-refractivity contribution in [1.82, 2.24) is 0 Å². The van der Waals surface area contributed by atoms with E-state index in [0.717, 1.165) is 6.42 Å². The van der Waals surface area contributed by atoms with Gasteiger partial charge in [-0.1, -0.05) is 20.8 Å². The average Bonchev–Trinajstić information content (AvgIpc) is 1.96. The molecule has 0 amide bonds. The Morgan fingerprint density at radius 3 is 2.31 bits per heavy atom. The fourth-order valence-corrected chi connectivity index (χ4v) is 1.22. The monoisotopic (exact) mass is 186 g/mol. The second-order valence-corrected chi connectivity index (χ2v) is 4.40. The lowest BCUT2D eigenvalue weighted by atomic mass is 9.88. The number of hydrogen-bond acceptors (Lipinski definition) is 2. The molecule has 0 aromatic rings. The van der Waals surface area contributed by atoms with Gasteiger partial charge < -0.3 is 9.84 Å². The van der Waals surface area contributed by atoms with Crippen molar-refractivity contribution in [1.29, 1.82) is 0 Å². The molecule has 1 atom stereocenters. The van der Waals surface area contributed by atoms with Crippen LogP contribution in [0, 0.1) is 5.41 Å². The molecule has 0 aliphatic heterocycles. The third-order valence-electron chi connectivity index (χ3n) is 1.73. The van der Waals surface area contributed by atoms with E-state index >= 15 is 0 Å². The third kappa shape index (κ3) is 5.69. The van der Waals surface area contributed by atoms with Crippen molar-refractivity contribution in [3.05, 3.63) is 11.8 Å². The predicted molar refractivity (Wildman–Crippen MR) is 55.5 cm³/mol. The Balaban J connectivity index is 4.15. The van der Waals surface area contributed by atoms with E-state index in [1.807, 2.05) is 19.9 Å². The highest BCUT2D eigenvalue weighted by Crippen LogP contribution is 2.24. The molecule has 78 valence electrons. The van der Waals surface area contributed by atoms with Crippen molar-refractivity contribution in [3.8, 4) is 0 Å². The topological polar surface area (TPSA) is 29.5 Å². The van der Waals surface area contributed by atoms with Crippen LogP contribution in [-0.4, -0.2) is 17.8 Å². The third-order valence-corrected chi connectivity index (χ3v) is 1.73. The molecule has 0 heterocycles. The lowest BCUT2D eigenvalue weighted by Crippen LogP contribution is -2.20. The summed E-state index contributed by atoms with van der Waals surface area (Å²) in [6, 6.07) is 0. The quantitative estimate of drug-likeness (QED) is 0.684. The molecule has 0 aromatic heterocycles. The lowest BCUT2D eigenvalue weighted by molar-refractivity contribution is 0.0775.